The fraction of sp³-hybridized carbons (Fsp3) is 0.294. The topological polar surface area (TPSA) is 109 Å². The Bertz CT molecular complexity index is 826. The Morgan fingerprint density at radius 2 is 2.04 bits per heavy atom. The van der Waals surface area contributed by atoms with E-state index in [1.165, 1.54) is 24.0 Å². The quantitative estimate of drug-likeness (QED) is 0.240. The maximum atomic E-state index is 12.0. The average molecular weight is 489 g/mol. The van der Waals surface area contributed by atoms with E-state index in [0.29, 0.717) is 5.92 Å². The molecule has 0 aliphatic rings. The molecule has 1 aromatic heterocycles. The van der Waals surface area contributed by atoms with Crippen molar-refractivity contribution in [2.24, 2.45) is 10.7 Å². The zero-order valence-corrected chi connectivity index (χ0v) is 17.9. The van der Waals surface area contributed by atoms with E-state index in [0.717, 1.165) is 5.69 Å². The maximum absolute atomic E-state index is 12.0. The summed E-state index contributed by atoms with van der Waals surface area (Å²) in [5.74, 6) is 0.656. The normalized spacial score (nSPS) is 11.9. The number of pyridine rings is 1. The van der Waals surface area contributed by atoms with Gasteiger partial charge in [-0.25, -0.2) is 13.1 Å². The van der Waals surface area contributed by atoms with Gasteiger partial charge in [-0.3, -0.25) is 9.98 Å². The van der Waals surface area contributed by atoms with Gasteiger partial charge in [0, 0.05) is 24.6 Å². The highest BCUT2D eigenvalue weighted by atomic mass is 127. The Hall–Kier alpha value is -1.72. The van der Waals surface area contributed by atoms with Crippen LogP contribution in [0.4, 0.5) is 5.69 Å². The van der Waals surface area contributed by atoms with Crippen molar-refractivity contribution in [2.45, 2.75) is 24.7 Å². The van der Waals surface area contributed by atoms with Crippen molar-refractivity contribution < 1.29 is 8.42 Å². The molecule has 1 aromatic carbocycles. The van der Waals surface area contributed by atoms with Crippen molar-refractivity contribution in [3.05, 3.63) is 54.4 Å². The Kier molecular flexibility index (Phi) is 8.96. The number of nitrogens with one attached hydrogen (secondary N) is 2. The number of nitrogens with zero attached hydrogens (tertiary/aromatic N) is 2. The van der Waals surface area contributed by atoms with Crippen molar-refractivity contribution in [2.75, 3.05) is 18.4 Å². The van der Waals surface area contributed by atoms with Gasteiger partial charge in [-0.15, -0.1) is 24.0 Å². The Balaban J connectivity index is 0.00000338. The molecular weight excluding hydrogens is 465 g/mol. The number of aliphatic imine (C=N–C) groups is 1. The number of aromatic nitrogens is 1. The van der Waals surface area contributed by atoms with Gasteiger partial charge in [0.1, 0.15) is 4.90 Å². The van der Waals surface area contributed by atoms with Gasteiger partial charge in [0.15, 0.2) is 5.96 Å². The lowest BCUT2D eigenvalue weighted by Crippen LogP contribution is -2.28. The van der Waals surface area contributed by atoms with Crippen LogP contribution in [0.5, 0.6) is 0 Å². The number of sulfonamides is 1. The van der Waals surface area contributed by atoms with E-state index in [1.54, 1.807) is 6.07 Å². The summed E-state index contributed by atoms with van der Waals surface area (Å²) in [4.78, 5) is 8.05. The molecule has 0 fully saturated rings. The number of rotatable bonds is 7. The van der Waals surface area contributed by atoms with Crippen molar-refractivity contribution in [3.63, 3.8) is 0 Å². The molecule has 0 saturated heterocycles. The molecule has 0 unspecified atom stereocenters. The monoisotopic (exact) mass is 489 g/mol. The average Bonchev–Trinajstić information content (AvgIpc) is 2.60. The number of hydrogen-bond acceptors (Lipinski definition) is 4. The number of hydrogen-bond donors (Lipinski definition) is 3. The van der Waals surface area contributed by atoms with E-state index < -0.39 is 10.0 Å². The summed E-state index contributed by atoms with van der Waals surface area (Å²) in [7, 11) is -3.58. The number of halogens is 1. The molecule has 0 saturated carbocycles. The summed E-state index contributed by atoms with van der Waals surface area (Å²) in [5, 5.41) is 3.01. The Morgan fingerprint density at radius 3 is 2.69 bits per heavy atom. The molecule has 0 aliphatic heterocycles. The molecule has 4 N–H and O–H groups in total. The molecule has 0 radical (unpaired) electrons. The summed E-state index contributed by atoms with van der Waals surface area (Å²) in [6, 6.07) is 11.0. The van der Waals surface area contributed by atoms with Crippen LogP contribution in [0.25, 0.3) is 0 Å². The SMILES string of the molecule is CC(C)c1cccc(NC(N)=NCCNS(=O)(=O)c2cccnc2)c1.I. The third-order valence-corrected chi connectivity index (χ3v) is 4.90. The second kappa shape index (κ2) is 10.4. The Morgan fingerprint density at radius 1 is 1.27 bits per heavy atom. The summed E-state index contributed by atoms with van der Waals surface area (Å²) in [5.41, 5.74) is 7.89. The lowest BCUT2D eigenvalue weighted by molar-refractivity contribution is 0.582. The van der Waals surface area contributed by atoms with Crippen molar-refractivity contribution in [1.29, 1.82) is 0 Å². The number of benzene rings is 1. The van der Waals surface area contributed by atoms with Crippen LogP contribution in [-0.2, 0) is 10.0 Å². The number of nitrogens with two attached hydrogens (primary N) is 1. The summed E-state index contributed by atoms with van der Waals surface area (Å²) >= 11 is 0. The number of guanidine groups is 1. The first-order valence-corrected chi connectivity index (χ1v) is 9.43. The first kappa shape index (κ1) is 22.3. The third-order valence-electron chi connectivity index (χ3n) is 3.46. The van der Waals surface area contributed by atoms with E-state index in [2.05, 4.69) is 39.9 Å². The van der Waals surface area contributed by atoms with Gasteiger partial charge in [0.2, 0.25) is 10.0 Å². The van der Waals surface area contributed by atoms with Gasteiger partial charge < -0.3 is 11.1 Å². The van der Waals surface area contributed by atoms with Crippen LogP contribution >= 0.6 is 24.0 Å². The molecule has 0 atom stereocenters. The zero-order valence-electron chi connectivity index (χ0n) is 14.7. The molecular formula is C17H24IN5O2S. The van der Waals surface area contributed by atoms with Gasteiger partial charge >= 0.3 is 0 Å². The van der Waals surface area contributed by atoms with Gasteiger partial charge in [-0.05, 0) is 35.7 Å². The summed E-state index contributed by atoms with van der Waals surface area (Å²) < 4.78 is 26.5. The number of anilines is 1. The van der Waals surface area contributed by atoms with Crippen LogP contribution in [-0.4, -0.2) is 32.5 Å². The Labute approximate surface area is 171 Å². The molecule has 0 bridgehead atoms. The highest BCUT2D eigenvalue weighted by molar-refractivity contribution is 14.0. The molecule has 26 heavy (non-hydrogen) atoms. The van der Waals surface area contributed by atoms with Gasteiger partial charge in [0.05, 0.1) is 6.54 Å². The lowest BCUT2D eigenvalue weighted by Gasteiger charge is -2.10. The molecule has 2 rings (SSSR count). The predicted octanol–water partition coefficient (Wildman–Crippen LogP) is 2.53. The smallest absolute Gasteiger partial charge is 0.242 e. The third kappa shape index (κ3) is 6.89. The van der Waals surface area contributed by atoms with Gasteiger partial charge in [-0.1, -0.05) is 26.0 Å². The minimum absolute atomic E-state index is 0. The van der Waals surface area contributed by atoms with Crippen LogP contribution in [0.3, 0.4) is 0 Å². The van der Waals surface area contributed by atoms with Crippen LogP contribution in [0.1, 0.15) is 25.3 Å². The van der Waals surface area contributed by atoms with E-state index in [4.69, 9.17) is 5.73 Å². The molecule has 142 valence electrons. The molecule has 9 heteroatoms. The second-order valence-corrected chi connectivity index (χ2v) is 7.53. The largest absolute Gasteiger partial charge is 0.370 e. The maximum Gasteiger partial charge on any atom is 0.242 e. The lowest BCUT2D eigenvalue weighted by atomic mass is 10.0. The standard InChI is InChI=1S/C17H23N5O2S.HI/c1-13(2)14-5-3-6-15(11-14)22-17(18)20-9-10-21-25(23,24)16-7-4-8-19-12-16;/h3-8,11-13,21H,9-10H2,1-2H3,(H3,18,20,22);1H. The van der Waals surface area contributed by atoms with Crippen molar-refractivity contribution >= 4 is 45.6 Å². The van der Waals surface area contributed by atoms with Gasteiger partial charge in [-0.2, -0.15) is 0 Å². The molecule has 0 amide bonds. The second-order valence-electron chi connectivity index (χ2n) is 5.76. The van der Waals surface area contributed by atoms with Crippen LogP contribution in [0.15, 0.2) is 58.7 Å². The van der Waals surface area contributed by atoms with Crippen LogP contribution in [0, 0.1) is 0 Å². The van der Waals surface area contributed by atoms with Crippen LogP contribution < -0.4 is 15.8 Å². The molecule has 1 heterocycles. The molecule has 0 aliphatic carbocycles. The van der Waals surface area contributed by atoms with Crippen LogP contribution in [0.2, 0.25) is 0 Å². The minimum atomic E-state index is -3.58. The van der Waals surface area contributed by atoms with E-state index >= 15 is 0 Å². The van der Waals surface area contributed by atoms with E-state index in [9.17, 15) is 8.42 Å². The van der Waals surface area contributed by atoms with Crippen molar-refractivity contribution in [3.8, 4) is 0 Å². The summed E-state index contributed by atoms with van der Waals surface area (Å²) in [6.07, 6.45) is 2.81. The summed E-state index contributed by atoms with van der Waals surface area (Å²) in [6.45, 7) is 4.60. The zero-order chi connectivity index (χ0) is 18.3. The fourth-order valence-electron chi connectivity index (χ4n) is 2.11. The molecule has 2 aromatic rings. The van der Waals surface area contributed by atoms with E-state index in [-0.39, 0.29) is 47.9 Å². The first-order chi connectivity index (χ1) is 11.9. The minimum Gasteiger partial charge on any atom is -0.370 e. The van der Waals surface area contributed by atoms with Crippen molar-refractivity contribution in [1.82, 2.24) is 9.71 Å². The highest BCUT2D eigenvalue weighted by Gasteiger charge is 2.12. The molecule has 0 spiro atoms. The predicted molar refractivity (Wildman–Crippen MR) is 115 cm³/mol. The van der Waals surface area contributed by atoms with Gasteiger partial charge in [0.25, 0.3) is 0 Å². The van der Waals surface area contributed by atoms with E-state index in [1.807, 2.05) is 18.2 Å². The first-order valence-electron chi connectivity index (χ1n) is 7.95. The molecule has 7 nitrogen and oxygen atoms in total. The highest BCUT2D eigenvalue weighted by Crippen LogP contribution is 2.18. The fourth-order valence-corrected chi connectivity index (χ4v) is 3.09.